The van der Waals surface area contributed by atoms with Crippen molar-refractivity contribution in [2.24, 2.45) is 0 Å². The zero-order valence-electron chi connectivity index (χ0n) is 14.0. The molecular weight excluding hydrogens is 290 g/mol. The predicted molar refractivity (Wildman–Crippen MR) is 90.7 cm³/mol. The summed E-state index contributed by atoms with van der Waals surface area (Å²) in [4.78, 5) is 25.6. The molecular formula is C17H27N5O. The van der Waals surface area contributed by atoms with E-state index in [-0.39, 0.29) is 5.91 Å². The Balaban J connectivity index is 1.56. The van der Waals surface area contributed by atoms with Gasteiger partial charge in [0, 0.05) is 32.2 Å². The molecule has 0 atom stereocenters. The molecule has 0 bridgehead atoms. The van der Waals surface area contributed by atoms with Crippen LogP contribution in [0.4, 0.5) is 5.82 Å². The maximum Gasteiger partial charge on any atom is 0.271 e. The highest BCUT2D eigenvalue weighted by molar-refractivity contribution is 5.92. The van der Waals surface area contributed by atoms with E-state index in [0.29, 0.717) is 11.7 Å². The van der Waals surface area contributed by atoms with Crippen molar-refractivity contribution in [1.29, 1.82) is 0 Å². The number of amides is 1. The summed E-state index contributed by atoms with van der Waals surface area (Å²) in [6.45, 7) is 3.98. The molecule has 1 aliphatic carbocycles. The molecule has 0 spiro atoms. The lowest BCUT2D eigenvalue weighted by Crippen LogP contribution is -2.44. The molecule has 1 N–H and O–H groups in total. The fourth-order valence-electron chi connectivity index (χ4n) is 3.32. The number of aromatic nitrogens is 2. The average molecular weight is 317 g/mol. The lowest BCUT2D eigenvalue weighted by Gasteiger charge is -2.32. The Labute approximate surface area is 138 Å². The number of nitrogens with zero attached hydrogens (tertiary/aromatic N) is 4. The number of nitrogens with one attached hydrogen (secondary N) is 1. The lowest BCUT2D eigenvalue weighted by molar-refractivity contribution is 0.0928. The van der Waals surface area contributed by atoms with Gasteiger partial charge >= 0.3 is 0 Å². The lowest BCUT2D eigenvalue weighted by atomic mass is 10.1. The number of carbonyl (C=O) groups excluding carboxylic acids is 1. The summed E-state index contributed by atoms with van der Waals surface area (Å²) in [6.07, 6.45) is 10.5. The predicted octanol–water partition coefficient (Wildman–Crippen LogP) is 1.68. The molecule has 6 nitrogen and oxygen atoms in total. The molecule has 0 radical (unpaired) electrons. The van der Waals surface area contributed by atoms with Crippen molar-refractivity contribution in [1.82, 2.24) is 20.2 Å². The SMILES string of the molecule is CN1CCN(c2cnc(C(=O)NC3CCCCCC3)cn2)CC1. The van der Waals surface area contributed by atoms with E-state index < -0.39 is 0 Å². The Hall–Kier alpha value is -1.69. The molecule has 1 saturated carbocycles. The molecule has 1 aromatic heterocycles. The molecule has 3 rings (SSSR count). The Morgan fingerprint density at radius 3 is 2.35 bits per heavy atom. The molecule has 1 aliphatic heterocycles. The van der Waals surface area contributed by atoms with Crippen LogP contribution in [0.2, 0.25) is 0 Å². The largest absolute Gasteiger partial charge is 0.353 e. The highest BCUT2D eigenvalue weighted by Crippen LogP contribution is 2.17. The highest BCUT2D eigenvalue weighted by atomic mass is 16.1. The van der Waals surface area contributed by atoms with Crippen LogP contribution in [0, 0.1) is 0 Å². The van der Waals surface area contributed by atoms with Gasteiger partial charge in [-0.15, -0.1) is 0 Å². The molecule has 1 saturated heterocycles. The molecule has 126 valence electrons. The summed E-state index contributed by atoms with van der Waals surface area (Å²) in [6, 6.07) is 0.295. The Morgan fingerprint density at radius 1 is 1.04 bits per heavy atom. The summed E-state index contributed by atoms with van der Waals surface area (Å²) >= 11 is 0. The van der Waals surface area contributed by atoms with Gasteiger partial charge in [0.1, 0.15) is 11.5 Å². The summed E-state index contributed by atoms with van der Waals surface area (Å²) in [7, 11) is 2.13. The van der Waals surface area contributed by atoms with Crippen LogP contribution in [0.5, 0.6) is 0 Å². The quantitative estimate of drug-likeness (QED) is 0.860. The molecule has 6 heteroatoms. The Bertz CT molecular complexity index is 502. The van der Waals surface area contributed by atoms with Crippen LogP contribution in [0.1, 0.15) is 49.0 Å². The fourth-order valence-corrected chi connectivity index (χ4v) is 3.32. The van der Waals surface area contributed by atoms with Crippen LogP contribution in [0.25, 0.3) is 0 Å². The van der Waals surface area contributed by atoms with Crippen molar-refractivity contribution < 1.29 is 4.79 Å². The average Bonchev–Trinajstić information content (AvgIpc) is 2.84. The van der Waals surface area contributed by atoms with Gasteiger partial charge in [-0.05, 0) is 19.9 Å². The summed E-state index contributed by atoms with van der Waals surface area (Å²) in [5.74, 6) is 0.776. The normalized spacial score (nSPS) is 21.0. The minimum Gasteiger partial charge on any atom is -0.353 e. The van der Waals surface area contributed by atoms with Crippen molar-refractivity contribution in [3.63, 3.8) is 0 Å². The van der Waals surface area contributed by atoms with Gasteiger partial charge in [0.2, 0.25) is 0 Å². The van der Waals surface area contributed by atoms with Crippen molar-refractivity contribution in [3.05, 3.63) is 18.1 Å². The number of rotatable bonds is 3. The van der Waals surface area contributed by atoms with Crippen molar-refractivity contribution in [2.45, 2.75) is 44.6 Å². The topological polar surface area (TPSA) is 61.4 Å². The van der Waals surface area contributed by atoms with Gasteiger partial charge in [0.25, 0.3) is 5.91 Å². The van der Waals surface area contributed by atoms with Crippen LogP contribution < -0.4 is 10.2 Å². The van der Waals surface area contributed by atoms with Gasteiger partial charge in [-0.3, -0.25) is 4.79 Å². The van der Waals surface area contributed by atoms with E-state index >= 15 is 0 Å². The molecule has 1 aromatic rings. The van der Waals surface area contributed by atoms with Crippen molar-refractivity contribution in [3.8, 4) is 0 Å². The van der Waals surface area contributed by atoms with E-state index in [1.807, 2.05) is 0 Å². The standard InChI is InChI=1S/C17H27N5O/c1-21-8-10-22(11-9-21)16-13-18-15(12-19-16)17(23)20-14-6-4-2-3-5-7-14/h12-14H,2-11H2,1H3,(H,20,23). The molecule has 2 fully saturated rings. The van der Waals surface area contributed by atoms with Crippen molar-refractivity contribution in [2.75, 3.05) is 38.1 Å². The monoisotopic (exact) mass is 317 g/mol. The van der Waals surface area contributed by atoms with E-state index in [0.717, 1.165) is 44.8 Å². The van der Waals surface area contributed by atoms with Gasteiger partial charge < -0.3 is 15.1 Å². The first-order valence-corrected chi connectivity index (χ1v) is 8.79. The fraction of sp³-hybridized carbons (Fsp3) is 0.706. The second kappa shape index (κ2) is 7.73. The van der Waals surface area contributed by atoms with E-state index in [4.69, 9.17) is 0 Å². The van der Waals surface area contributed by atoms with E-state index in [2.05, 4.69) is 32.1 Å². The zero-order chi connectivity index (χ0) is 16.1. The number of piperazine rings is 1. The Kier molecular flexibility index (Phi) is 5.43. The molecule has 0 aromatic carbocycles. The zero-order valence-corrected chi connectivity index (χ0v) is 14.0. The second-order valence-corrected chi connectivity index (χ2v) is 6.71. The summed E-state index contributed by atoms with van der Waals surface area (Å²) < 4.78 is 0. The Morgan fingerprint density at radius 2 is 1.74 bits per heavy atom. The van der Waals surface area contributed by atoms with Gasteiger partial charge in [-0.2, -0.15) is 0 Å². The molecule has 2 aliphatic rings. The van der Waals surface area contributed by atoms with Gasteiger partial charge in [-0.25, -0.2) is 9.97 Å². The smallest absolute Gasteiger partial charge is 0.271 e. The first-order chi connectivity index (χ1) is 11.2. The highest BCUT2D eigenvalue weighted by Gasteiger charge is 2.18. The third-order valence-electron chi connectivity index (χ3n) is 4.89. The maximum atomic E-state index is 12.3. The van der Waals surface area contributed by atoms with Crippen LogP contribution in [-0.2, 0) is 0 Å². The maximum absolute atomic E-state index is 12.3. The van der Waals surface area contributed by atoms with Crippen LogP contribution in [0.3, 0.4) is 0 Å². The first kappa shape index (κ1) is 16.2. The number of likely N-dealkylation sites (N-methyl/N-ethyl adjacent to an activating group) is 1. The minimum atomic E-state index is -0.0886. The van der Waals surface area contributed by atoms with Crippen LogP contribution in [0.15, 0.2) is 12.4 Å². The summed E-state index contributed by atoms with van der Waals surface area (Å²) in [5, 5.41) is 3.12. The van der Waals surface area contributed by atoms with Crippen LogP contribution in [-0.4, -0.2) is 60.0 Å². The molecule has 1 amide bonds. The van der Waals surface area contributed by atoms with Gasteiger partial charge in [0.05, 0.1) is 12.4 Å². The van der Waals surface area contributed by atoms with E-state index in [1.165, 1.54) is 25.7 Å². The van der Waals surface area contributed by atoms with E-state index in [1.54, 1.807) is 12.4 Å². The molecule has 0 unspecified atom stereocenters. The van der Waals surface area contributed by atoms with Gasteiger partial charge in [-0.1, -0.05) is 25.7 Å². The van der Waals surface area contributed by atoms with Crippen molar-refractivity contribution >= 4 is 11.7 Å². The number of hydrogen-bond donors (Lipinski definition) is 1. The molecule has 23 heavy (non-hydrogen) atoms. The number of carbonyl (C=O) groups is 1. The first-order valence-electron chi connectivity index (χ1n) is 8.79. The minimum absolute atomic E-state index is 0.0886. The number of anilines is 1. The second-order valence-electron chi connectivity index (χ2n) is 6.71. The third kappa shape index (κ3) is 4.41. The van der Waals surface area contributed by atoms with Crippen LogP contribution >= 0.6 is 0 Å². The number of hydrogen-bond acceptors (Lipinski definition) is 5. The summed E-state index contributed by atoms with van der Waals surface area (Å²) in [5.41, 5.74) is 0.423. The van der Waals surface area contributed by atoms with E-state index in [9.17, 15) is 4.79 Å². The molecule has 2 heterocycles. The van der Waals surface area contributed by atoms with Gasteiger partial charge in [0.15, 0.2) is 0 Å². The third-order valence-corrected chi connectivity index (χ3v) is 4.89.